The van der Waals surface area contributed by atoms with Gasteiger partial charge >= 0.3 is 0 Å². The van der Waals surface area contributed by atoms with Crippen LogP contribution in [0.4, 0.5) is 0 Å². The number of rotatable bonds is 5. The molecule has 1 aromatic heterocycles. The number of aryl methyl sites for hydroxylation is 1. The first-order valence-corrected chi connectivity index (χ1v) is 7.91. The van der Waals surface area contributed by atoms with E-state index in [1.807, 2.05) is 19.4 Å². The lowest BCUT2D eigenvalue weighted by Crippen LogP contribution is -2.37. The smallest absolute Gasteiger partial charge is 0.191 e. The predicted octanol–water partition coefficient (Wildman–Crippen LogP) is 1.26. The molecule has 0 bridgehead atoms. The summed E-state index contributed by atoms with van der Waals surface area (Å²) < 4.78 is 7.33. The summed E-state index contributed by atoms with van der Waals surface area (Å²) in [7, 11) is 3.70. The Balaban J connectivity index is 1.45. The fraction of sp³-hybridized carbons (Fsp3) is 0.412. The van der Waals surface area contributed by atoms with Gasteiger partial charge in [0, 0.05) is 45.4 Å². The van der Waals surface area contributed by atoms with E-state index in [2.05, 4.69) is 38.9 Å². The van der Waals surface area contributed by atoms with Crippen molar-refractivity contribution in [2.24, 2.45) is 12.0 Å². The van der Waals surface area contributed by atoms with Crippen molar-refractivity contribution in [1.29, 1.82) is 0 Å². The van der Waals surface area contributed by atoms with Gasteiger partial charge in [0.15, 0.2) is 5.96 Å². The molecule has 2 N–H and O–H groups in total. The van der Waals surface area contributed by atoms with Gasteiger partial charge in [-0.1, -0.05) is 12.1 Å². The van der Waals surface area contributed by atoms with Gasteiger partial charge in [0.05, 0.1) is 12.8 Å². The van der Waals surface area contributed by atoms with Crippen LogP contribution in [0.15, 0.2) is 35.6 Å². The summed E-state index contributed by atoms with van der Waals surface area (Å²) >= 11 is 0. The van der Waals surface area contributed by atoms with E-state index in [1.54, 1.807) is 11.7 Å². The molecule has 1 aliphatic rings. The van der Waals surface area contributed by atoms with E-state index in [0.29, 0.717) is 6.54 Å². The highest BCUT2D eigenvalue weighted by Gasteiger charge is 2.11. The van der Waals surface area contributed by atoms with Gasteiger partial charge in [0.1, 0.15) is 5.75 Å². The SMILES string of the molecule is CN=C(NCCc1ccc2c(c1)CCO2)NCc1cnn(C)c1. The van der Waals surface area contributed by atoms with Gasteiger partial charge in [0.25, 0.3) is 0 Å². The van der Waals surface area contributed by atoms with E-state index in [1.165, 1.54) is 11.1 Å². The second-order valence-electron chi connectivity index (χ2n) is 5.67. The van der Waals surface area contributed by atoms with Gasteiger partial charge in [-0.2, -0.15) is 5.10 Å². The van der Waals surface area contributed by atoms with Crippen LogP contribution in [0.25, 0.3) is 0 Å². The third-order valence-corrected chi connectivity index (χ3v) is 3.90. The second kappa shape index (κ2) is 7.17. The molecule has 0 saturated heterocycles. The molecule has 1 aromatic carbocycles. The lowest BCUT2D eigenvalue weighted by molar-refractivity contribution is 0.357. The van der Waals surface area contributed by atoms with Crippen molar-refractivity contribution in [3.8, 4) is 5.75 Å². The van der Waals surface area contributed by atoms with Crippen molar-refractivity contribution >= 4 is 5.96 Å². The lowest BCUT2D eigenvalue weighted by Gasteiger charge is -2.11. The first-order chi connectivity index (χ1) is 11.2. The maximum atomic E-state index is 5.54. The van der Waals surface area contributed by atoms with Crippen LogP contribution in [-0.2, 0) is 26.4 Å². The Hall–Kier alpha value is -2.50. The first kappa shape index (κ1) is 15.4. The number of hydrogen-bond acceptors (Lipinski definition) is 3. The summed E-state index contributed by atoms with van der Waals surface area (Å²) in [6.07, 6.45) is 5.82. The molecule has 0 amide bonds. The van der Waals surface area contributed by atoms with Crippen LogP contribution in [0.2, 0.25) is 0 Å². The van der Waals surface area contributed by atoms with Crippen molar-refractivity contribution in [2.45, 2.75) is 19.4 Å². The summed E-state index contributed by atoms with van der Waals surface area (Å²) in [6, 6.07) is 6.46. The van der Waals surface area contributed by atoms with Crippen LogP contribution < -0.4 is 15.4 Å². The average molecular weight is 313 g/mol. The number of aromatic nitrogens is 2. The molecular weight excluding hydrogens is 290 g/mol. The molecule has 1 aliphatic heterocycles. The largest absolute Gasteiger partial charge is 0.493 e. The molecule has 3 rings (SSSR count). The van der Waals surface area contributed by atoms with Crippen molar-refractivity contribution < 1.29 is 4.74 Å². The summed E-state index contributed by atoms with van der Waals surface area (Å²) in [5.41, 5.74) is 3.78. The van der Waals surface area contributed by atoms with Gasteiger partial charge in [-0.05, 0) is 23.6 Å². The fourth-order valence-electron chi connectivity index (χ4n) is 2.69. The molecule has 6 nitrogen and oxygen atoms in total. The zero-order valence-electron chi connectivity index (χ0n) is 13.7. The molecule has 0 unspecified atom stereocenters. The van der Waals surface area contributed by atoms with Crippen LogP contribution in [0.1, 0.15) is 16.7 Å². The Morgan fingerprint density at radius 1 is 1.35 bits per heavy atom. The summed E-state index contributed by atoms with van der Waals surface area (Å²) in [5, 5.41) is 10.8. The zero-order valence-corrected chi connectivity index (χ0v) is 13.7. The van der Waals surface area contributed by atoms with Gasteiger partial charge in [-0.3, -0.25) is 9.67 Å². The Bertz CT molecular complexity index is 692. The van der Waals surface area contributed by atoms with E-state index in [9.17, 15) is 0 Å². The van der Waals surface area contributed by atoms with Gasteiger partial charge in [0.2, 0.25) is 0 Å². The van der Waals surface area contributed by atoms with Gasteiger partial charge in [-0.15, -0.1) is 0 Å². The van der Waals surface area contributed by atoms with Crippen LogP contribution in [0.3, 0.4) is 0 Å². The van der Waals surface area contributed by atoms with Crippen molar-refractivity contribution in [3.05, 3.63) is 47.3 Å². The van der Waals surface area contributed by atoms with Crippen molar-refractivity contribution in [1.82, 2.24) is 20.4 Å². The number of guanidine groups is 1. The number of aliphatic imine (C=N–C) groups is 1. The molecule has 23 heavy (non-hydrogen) atoms. The number of hydrogen-bond donors (Lipinski definition) is 2. The molecule has 6 heteroatoms. The first-order valence-electron chi connectivity index (χ1n) is 7.91. The lowest BCUT2D eigenvalue weighted by atomic mass is 10.1. The van der Waals surface area contributed by atoms with Crippen LogP contribution in [0.5, 0.6) is 5.75 Å². The maximum Gasteiger partial charge on any atom is 0.191 e. The highest BCUT2D eigenvalue weighted by atomic mass is 16.5. The molecule has 122 valence electrons. The van der Waals surface area contributed by atoms with Crippen molar-refractivity contribution in [3.63, 3.8) is 0 Å². The van der Waals surface area contributed by atoms with E-state index in [4.69, 9.17) is 4.74 Å². The molecule has 0 saturated carbocycles. The molecule has 2 aromatic rings. The van der Waals surface area contributed by atoms with Crippen LogP contribution in [0, 0.1) is 0 Å². The summed E-state index contributed by atoms with van der Waals surface area (Å²) in [5.74, 6) is 1.84. The minimum atomic E-state index is 0.712. The Morgan fingerprint density at radius 3 is 3.04 bits per heavy atom. The minimum absolute atomic E-state index is 0.712. The predicted molar refractivity (Wildman–Crippen MR) is 90.8 cm³/mol. The van der Waals surface area contributed by atoms with E-state index >= 15 is 0 Å². The maximum absolute atomic E-state index is 5.54. The topological polar surface area (TPSA) is 63.5 Å². The van der Waals surface area contributed by atoms with Gasteiger partial charge in [-0.25, -0.2) is 0 Å². The highest BCUT2D eigenvalue weighted by molar-refractivity contribution is 5.79. The molecule has 0 spiro atoms. The second-order valence-corrected chi connectivity index (χ2v) is 5.67. The highest BCUT2D eigenvalue weighted by Crippen LogP contribution is 2.25. The molecule has 2 heterocycles. The minimum Gasteiger partial charge on any atom is -0.493 e. The Kier molecular flexibility index (Phi) is 4.80. The quantitative estimate of drug-likeness (QED) is 0.644. The Morgan fingerprint density at radius 2 is 2.26 bits per heavy atom. The zero-order chi connectivity index (χ0) is 16.1. The number of ether oxygens (including phenoxy) is 1. The average Bonchev–Trinajstić information content (AvgIpc) is 3.18. The van der Waals surface area contributed by atoms with E-state index in [-0.39, 0.29) is 0 Å². The number of nitrogens with zero attached hydrogens (tertiary/aromatic N) is 3. The fourth-order valence-corrected chi connectivity index (χ4v) is 2.69. The van der Waals surface area contributed by atoms with Crippen LogP contribution in [-0.4, -0.2) is 35.9 Å². The number of fused-ring (bicyclic) bond motifs is 1. The number of benzene rings is 1. The summed E-state index contributed by atoms with van der Waals surface area (Å²) in [6.45, 7) is 2.36. The number of nitrogens with one attached hydrogen (secondary N) is 2. The molecule has 0 atom stereocenters. The molecule has 0 radical (unpaired) electrons. The normalized spacial score (nSPS) is 13.6. The third kappa shape index (κ3) is 4.03. The summed E-state index contributed by atoms with van der Waals surface area (Å²) in [4.78, 5) is 4.25. The Labute approximate surface area is 136 Å². The molecule has 0 fully saturated rings. The molecular formula is C17H23N5O. The van der Waals surface area contributed by atoms with E-state index < -0.39 is 0 Å². The molecule has 0 aliphatic carbocycles. The van der Waals surface area contributed by atoms with Crippen molar-refractivity contribution in [2.75, 3.05) is 20.2 Å². The third-order valence-electron chi connectivity index (χ3n) is 3.90. The standard InChI is InChI=1S/C17H23N5O/c1-18-17(20-10-14-11-21-22(2)12-14)19-7-5-13-3-4-16-15(9-13)6-8-23-16/h3-4,9,11-12H,5-8,10H2,1-2H3,(H2,18,19,20). The van der Waals surface area contributed by atoms with Crippen LogP contribution >= 0.6 is 0 Å². The van der Waals surface area contributed by atoms with E-state index in [0.717, 1.165) is 43.3 Å². The van der Waals surface area contributed by atoms with Gasteiger partial charge < -0.3 is 15.4 Å². The monoisotopic (exact) mass is 313 g/mol.